The molecule has 0 aliphatic carbocycles. The fraction of sp³-hybridized carbons (Fsp3) is 0.118. The Bertz CT molecular complexity index is 820. The molecule has 2 aromatic rings. The summed E-state index contributed by atoms with van der Waals surface area (Å²) in [5.74, 6) is -4.01. The van der Waals surface area contributed by atoms with Gasteiger partial charge in [-0.1, -0.05) is 0 Å². The molecular formula is C17H11F3O3. The van der Waals surface area contributed by atoms with Gasteiger partial charge in [-0.05, 0) is 36.8 Å². The van der Waals surface area contributed by atoms with E-state index in [1.807, 2.05) is 0 Å². The number of halogens is 3. The Morgan fingerprint density at radius 2 is 1.78 bits per heavy atom. The van der Waals surface area contributed by atoms with E-state index in [4.69, 9.17) is 9.84 Å². The van der Waals surface area contributed by atoms with Gasteiger partial charge in [0.1, 0.15) is 29.3 Å². The van der Waals surface area contributed by atoms with Gasteiger partial charge in [-0.2, -0.15) is 0 Å². The molecule has 2 aromatic carbocycles. The number of hydrogen-bond donors (Lipinski definition) is 1. The Hall–Kier alpha value is -2.76. The summed E-state index contributed by atoms with van der Waals surface area (Å²) in [6.07, 6.45) is 0.991. The van der Waals surface area contributed by atoms with E-state index in [0.29, 0.717) is 17.9 Å². The van der Waals surface area contributed by atoms with Crippen molar-refractivity contribution in [2.45, 2.75) is 13.0 Å². The Morgan fingerprint density at radius 1 is 1.13 bits per heavy atom. The van der Waals surface area contributed by atoms with Crippen LogP contribution in [-0.4, -0.2) is 17.2 Å². The quantitative estimate of drug-likeness (QED) is 0.909. The van der Waals surface area contributed by atoms with Gasteiger partial charge in [0.2, 0.25) is 0 Å². The molecule has 0 radical (unpaired) electrons. The van der Waals surface area contributed by atoms with E-state index in [-0.39, 0.29) is 16.7 Å². The lowest BCUT2D eigenvalue weighted by Crippen LogP contribution is -2.17. The molecule has 118 valence electrons. The Morgan fingerprint density at radius 3 is 2.39 bits per heavy atom. The lowest BCUT2D eigenvalue weighted by Gasteiger charge is -2.24. The third-order valence-corrected chi connectivity index (χ3v) is 3.51. The molecule has 3 nitrogen and oxygen atoms in total. The smallest absolute Gasteiger partial charge is 0.335 e. The van der Waals surface area contributed by atoms with Crippen LogP contribution in [0.25, 0.3) is 5.57 Å². The molecule has 0 saturated carbocycles. The monoisotopic (exact) mass is 320 g/mol. The fourth-order valence-electron chi connectivity index (χ4n) is 2.55. The predicted octanol–water partition coefficient (Wildman–Crippen LogP) is 4.01. The largest absolute Gasteiger partial charge is 0.486 e. The topological polar surface area (TPSA) is 46.5 Å². The molecule has 1 atom stereocenters. The minimum Gasteiger partial charge on any atom is -0.486 e. The van der Waals surface area contributed by atoms with Gasteiger partial charge < -0.3 is 9.84 Å². The van der Waals surface area contributed by atoms with Crippen LogP contribution in [0.15, 0.2) is 36.4 Å². The number of fused-ring (bicyclic) bond motifs is 1. The lowest BCUT2D eigenvalue weighted by molar-refractivity contribution is 0.0697. The number of carboxylic acid groups (broad SMARTS) is 1. The molecule has 0 unspecified atom stereocenters. The van der Waals surface area contributed by atoms with Crippen LogP contribution >= 0.6 is 0 Å². The number of carboxylic acids is 1. The van der Waals surface area contributed by atoms with Crippen LogP contribution in [0.5, 0.6) is 5.75 Å². The second kappa shape index (κ2) is 5.46. The summed E-state index contributed by atoms with van der Waals surface area (Å²) in [6.45, 7) is 1.67. The maximum absolute atomic E-state index is 14.1. The average molecular weight is 320 g/mol. The van der Waals surface area contributed by atoms with Gasteiger partial charge in [0, 0.05) is 17.7 Å². The van der Waals surface area contributed by atoms with E-state index < -0.39 is 35.1 Å². The van der Waals surface area contributed by atoms with Crippen molar-refractivity contribution in [3.63, 3.8) is 0 Å². The number of aromatic carboxylic acids is 1. The van der Waals surface area contributed by atoms with Crippen molar-refractivity contribution in [2.75, 3.05) is 0 Å². The summed E-state index contributed by atoms with van der Waals surface area (Å²) in [5.41, 5.74) is -0.0784. The molecule has 0 bridgehead atoms. The predicted molar refractivity (Wildman–Crippen MR) is 76.9 cm³/mol. The average Bonchev–Trinajstić information content (AvgIpc) is 2.45. The van der Waals surface area contributed by atoms with Crippen LogP contribution in [-0.2, 0) is 0 Å². The summed E-state index contributed by atoms with van der Waals surface area (Å²) in [4.78, 5) is 11.1. The van der Waals surface area contributed by atoms with E-state index in [2.05, 4.69) is 0 Å². The van der Waals surface area contributed by atoms with Crippen molar-refractivity contribution >= 4 is 11.5 Å². The molecule has 1 aliphatic rings. The normalized spacial score (nSPS) is 16.3. The molecule has 23 heavy (non-hydrogen) atoms. The first-order valence-corrected chi connectivity index (χ1v) is 6.78. The minimum atomic E-state index is -1.18. The number of ether oxygens (including phenoxy) is 1. The SMILES string of the molecule is C[C@H]1C=C(c2c(F)cc(F)cc2F)c2cc(C(=O)O)ccc2O1. The molecule has 1 aliphatic heterocycles. The first-order chi connectivity index (χ1) is 10.9. The van der Waals surface area contributed by atoms with Crippen molar-refractivity contribution < 1.29 is 27.8 Å². The van der Waals surface area contributed by atoms with E-state index in [1.54, 1.807) is 6.92 Å². The first-order valence-electron chi connectivity index (χ1n) is 6.78. The number of benzene rings is 2. The van der Waals surface area contributed by atoms with Crippen molar-refractivity contribution in [1.29, 1.82) is 0 Å². The van der Waals surface area contributed by atoms with Gasteiger partial charge in [0.25, 0.3) is 0 Å². The zero-order valence-corrected chi connectivity index (χ0v) is 11.9. The van der Waals surface area contributed by atoms with Crippen LogP contribution in [0.1, 0.15) is 28.4 Å². The molecule has 0 spiro atoms. The molecule has 0 amide bonds. The van der Waals surface area contributed by atoms with Gasteiger partial charge in [0.15, 0.2) is 0 Å². The highest BCUT2D eigenvalue weighted by atomic mass is 19.1. The number of rotatable bonds is 2. The van der Waals surface area contributed by atoms with Crippen LogP contribution in [0.2, 0.25) is 0 Å². The molecule has 0 fully saturated rings. The van der Waals surface area contributed by atoms with Crippen LogP contribution < -0.4 is 4.74 Å². The molecule has 1 heterocycles. The van der Waals surface area contributed by atoms with Crippen molar-refractivity contribution in [3.8, 4) is 5.75 Å². The maximum Gasteiger partial charge on any atom is 0.335 e. The third kappa shape index (κ3) is 2.67. The molecule has 0 aromatic heterocycles. The second-order valence-corrected chi connectivity index (χ2v) is 5.16. The highest BCUT2D eigenvalue weighted by molar-refractivity contribution is 5.92. The van der Waals surface area contributed by atoms with Gasteiger partial charge in [-0.15, -0.1) is 0 Å². The zero-order valence-electron chi connectivity index (χ0n) is 11.9. The standard InChI is InChI=1S/C17H11F3O3/c1-8-4-12(16-13(19)6-10(18)7-14(16)20)11-5-9(17(21)22)2-3-15(11)23-8/h2-8H,1H3,(H,21,22)/t8-/m0/s1. The molecule has 3 rings (SSSR count). The van der Waals surface area contributed by atoms with E-state index in [1.165, 1.54) is 24.3 Å². The highest BCUT2D eigenvalue weighted by Crippen LogP contribution is 2.38. The molecular weight excluding hydrogens is 309 g/mol. The van der Waals surface area contributed by atoms with E-state index in [0.717, 1.165) is 0 Å². The summed E-state index contributed by atoms with van der Waals surface area (Å²) in [5, 5.41) is 9.08. The van der Waals surface area contributed by atoms with Crippen LogP contribution in [0.3, 0.4) is 0 Å². The van der Waals surface area contributed by atoms with Gasteiger partial charge in [-0.3, -0.25) is 0 Å². The molecule has 6 heteroatoms. The highest BCUT2D eigenvalue weighted by Gasteiger charge is 2.25. The van der Waals surface area contributed by atoms with E-state index >= 15 is 0 Å². The summed E-state index contributed by atoms with van der Waals surface area (Å²) in [6, 6.07) is 5.22. The fourth-order valence-corrected chi connectivity index (χ4v) is 2.55. The Kier molecular flexibility index (Phi) is 3.60. The van der Waals surface area contributed by atoms with Crippen molar-refractivity contribution in [2.24, 2.45) is 0 Å². The Balaban J connectivity index is 2.25. The van der Waals surface area contributed by atoms with Gasteiger partial charge >= 0.3 is 5.97 Å². The molecule has 1 N–H and O–H groups in total. The van der Waals surface area contributed by atoms with Crippen molar-refractivity contribution in [1.82, 2.24) is 0 Å². The first kappa shape index (κ1) is 15.1. The summed E-state index contributed by atoms with van der Waals surface area (Å²) in [7, 11) is 0. The second-order valence-electron chi connectivity index (χ2n) is 5.16. The minimum absolute atomic E-state index is 0.0456. The van der Waals surface area contributed by atoms with E-state index in [9.17, 15) is 18.0 Å². The maximum atomic E-state index is 14.1. The van der Waals surface area contributed by atoms with Crippen molar-refractivity contribution in [3.05, 3.63) is 70.5 Å². The molecule has 0 saturated heterocycles. The lowest BCUT2D eigenvalue weighted by atomic mass is 9.92. The third-order valence-electron chi connectivity index (χ3n) is 3.51. The van der Waals surface area contributed by atoms with Crippen LogP contribution in [0.4, 0.5) is 13.2 Å². The Labute approximate surface area is 129 Å². The van der Waals surface area contributed by atoms with Gasteiger partial charge in [0.05, 0.1) is 11.1 Å². The van der Waals surface area contributed by atoms with Gasteiger partial charge in [-0.25, -0.2) is 18.0 Å². The zero-order chi connectivity index (χ0) is 16.7. The summed E-state index contributed by atoms with van der Waals surface area (Å²) >= 11 is 0. The summed E-state index contributed by atoms with van der Waals surface area (Å²) < 4.78 is 46.8. The number of hydrogen-bond acceptors (Lipinski definition) is 2. The van der Waals surface area contributed by atoms with Crippen LogP contribution in [0, 0.1) is 17.5 Å². The number of carbonyl (C=O) groups is 1.